The minimum Gasteiger partial charge on any atom is -0.508 e. The molecule has 2 aromatic heterocycles. The Morgan fingerprint density at radius 2 is 0.901 bits per heavy atom. The second-order valence-corrected chi connectivity index (χ2v) is 17.6. The number of esters is 3. The summed E-state index contributed by atoms with van der Waals surface area (Å²) < 4.78 is 27.2. The van der Waals surface area contributed by atoms with Gasteiger partial charge in [-0.3, -0.25) is 0 Å². The van der Waals surface area contributed by atoms with Crippen molar-refractivity contribution in [3.63, 3.8) is 0 Å². The Labute approximate surface area is 413 Å². The molecule has 2 heterocycles. The van der Waals surface area contributed by atoms with Crippen LogP contribution in [0.5, 0.6) is 11.5 Å². The lowest BCUT2D eigenvalue weighted by Crippen LogP contribution is -2.08. The lowest BCUT2D eigenvalue weighted by atomic mass is 9.97. The van der Waals surface area contributed by atoms with Crippen LogP contribution in [-0.2, 0) is 49.5 Å². The van der Waals surface area contributed by atoms with Gasteiger partial charge in [-0.05, 0) is 180 Å². The van der Waals surface area contributed by atoms with Crippen molar-refractivity contribution in [2.45, 2.75) is 97.8 Å². The lowest BCUT2D eigenvalue weighted by Gasteiger charge is -2.12. The Morgan fingerprint density at radius 3 is 1.32 bits per heavy atom. The highest BCUT2D eigenvalue weighted by Crippen LogP contribution is 2.30. The standard InChI is InChI=1S/C35H38O8.C23H26O5/c1-22(2)32(36)40-17-9-7-11-25-19-27(12-8-10-18-41-33(37)23(3)4)31-28(20-25)21-30(35(39)43-31)26-13-15-29(16-14-26)42-34(38)24(5)6;24-11-3-1-5-16-13-18(6-2-4-12-25)22-19(14-16)15-21(23(27)28-22)17-7-9-20(26)10-8-17/h13-16,19-21H,1,3,5,7-12,17-18H2,2,4,6H3;7-10,13-15,24-26H,1-6,11-12H2. The topological polar surface area (TPSA) is 200 Å². The Hall–Kier alpha value is -7.35. The van der Waals surface area contributed by atoms with E-state index in [1.807, 2.05) is 30.3 Å². The van der Waals surface area contributed by atoms with Gasteiger partial charge in [-0.25, -0.2) is 24.0 Å². The molecule has 13 heteroatoms. The maximum atomic E-state index is 13.1. The number of carbonyl (C=O) groups excluding carboxylic acids is 3. The number of phenols is 1. The summed E-state index contributed by atoms with van der Waals surface area (Å²) in [6, 6.07) is 24.9. The van der Waals surface area contributed by atoms with Crippen LogP contribution < -0.4 is 16.0 Å². The number of aliphatic hydroxyl groups is 2. The van der Waals surface area contributed by atoms with E-state index in [9.17, 15) is 29.1 Å². The molecule has 0 aliphatic heterocycles. The van der Waals surface area contributed by atoms with Crippen LogP contribution >= 0.6 is 0 Å². The third-order valence-corrected chi connectivity index (χ3v) is 11.4. The van der Waals surface area contributed by atoms with Crippen molar-refractivity contribution < 1.29 is 52.7 Å². The number of ether oxygens (including phenoxy) is 3. The Morgan fingerprint density at radius 1 is 0.507 bits per heavy atom. The number of carbonyl (C=O) groups is 3. The van der Waals surface area contributed by atoms with E-state index < -0.39 is 29.2 Å². The predicted octanol–water partition coefficient (Wildman–Crippen LogP) is 10.6. The van der Waals surface area contributed by atoms with E-state index in [2.05, 4.69) is 25.8 Å². The number of hydrogen-bond acceptors (Lipinski definition) is 13. The second-order valence-electron chi connectivity index (χ2n) is 17.6. The van der Waals surface area contributed by atoms with Crippen LogP contribution in [0.25, 0.3) is 44.2 Å². The Kier molecular flexibility index (Phi) is 20.9. The summed E-state index contributed by atoms with van der Waals surface area (Å²) in [6.07, 6.45) is 8.93. The molecule has 71 heavy (non-hydrogen) atoms. The van der Waals surface area contributed by atoms with Crippen LogP contribution in [0.15, 0.2) is 140 Å². The molecule has 6 rings (SSSR count). The van der Waals surface area contributed by atoms with E-state index in [1.165, 1.54) is 0 Å². The zero-order valence-corrected chi connectivity index (χ0v) is 40.9. The highest BCUT2D eigenvalue weighted by molar-refractivity contribution is 5.90. The third kappa shape index (κ3) is 16.4. The summed E-state index contributed by atoms with van der Waals surface area (Å²) in [6.45, 7) is 16.5. The fourth-order valence-corrected chi connectivity index (χ4v) is 7.64. The van der Waals surface area contributed by atoms with Crippen molar-refractivity contribution in [3.05, 3.63) is 164 Å². The number of phenolic OH excluding ortho intramolecular Hbond substituents is 1. The molecule has 0 saturated carbocycles. The molecule has 0 bridgehead atoms. The molecule has 4 aromatic carbocycles. The first kappa shape index (κ1) is 54.6. The summed E-state index contributed by atoms with van der Waals surface area (Å²) in [5, 5.41) is 29.2. The van der Waals surface area contributed by atoms with Gasteiger partial charge in [0.15, 0.2) is 0 Å². The van der Waals surface area contributed by atoms with Gasteiger partial charge in [0.25, 0.3) is 0 Å². The summed E-state index contributed by atoms with van der Waals surface area (Å²) in [4.78, 5) is 60.8. The summed E-state index contributed by atoms with van der Waals surface area (Å²) in [5.41, 5.74) is 7.44. The lowest BCUT2D eigenvalue weighted by molar-refractivity contribution is -0.139. The molecule has 0 spiro atoms. The zero-order chi connectivity index (χ0) is 51.5. The molecule has 0 atom stereocenters. The van der Waals surface area contributed by atoms with Gasteiger partial charge in [0.1, 0.15) is 22.7 Å². The van der Waals surface area contributed by atoms with Crippen molar-refractivity contribution in [2.75, 3.05) is 26.4 Å². The molecule has 6 aromatic rings. The van der Waals surface area contributed by atoms with E-state index in [1.54, 1.807) is 69.3 Å². The monoisotopic (exact) mass is 968 g/mol. The van der Waals surface area contributed by atoms with Crippen molar-refractivity contribution in [2.24, 2.45) is 0 Å². The van der Waals surface area contributed by atoms with E-state index in [4.69, 9.17) is 33.3 Å². The van der Waals surface area contributed by atoms with Crippen molar-refractivity contribution >= 4 is 39.8 Å². The van der Waals surface area contributed by atoms with E-state index in [-0.39, 0.29) is 31.1 Å². The summed E-state index contributed by atoms with van der Waals surface area (Å²) in [5.74, 6) is -0.852. The average molecular weight is 969 g/mol. The van der Waals surface area contributed by atoms with Gasteiger partial charge in [0.05, 0.1) is 24.3 Å². The minimum absolute atomic E-state index is 0.142. The van der Waals surface area contributed by atoms with Gasteiger partial charge in [0.2, 0.25) is 0 Å². The van der Waals surface area contributed by atoms with Crippen LogP contribution in [0, 0.1) is 0 Å². The van der Waals surface area contributed by atoms with Gasteiger partial charge in [-0.1, -0.05) is 56.1 Å². The fraction of sp³-hybridized carbons (Fsp3) is 0.328. The molecular weight excluding hydrogens is 905 g/mol. The summed E-state index contributed by atoms with van der Waals surface area (Å²) >= 11 is 0. The van der Waals surface area contributed by atoms with Crippen LogP contribution in [0.1, 0.15) is 94.4 Å². The van der Waals surface area contributed by atoms with Crippen molar-refractivity contribution in [1.82, 2.24) is 0 Å². The second kappa shape index (κ2) is 27.2. The first-order valence-corrected chi connectivity index (χ1v) is 23.9. The van der Waals surface area contributed by atoms with Crippen LogP contribution in [0.4, 0.5) is 0 Å². The quantitative estimate of drug-likeness (QED) is 0.0170. The molecule has 0 aliphatic carbocycles. The number of aryl methyl sites for hydroxylation is 4. The largest absolute Gasteiger partial charge is 0.508 e. The maximum absolute atomic E-state index is 13.1. The van der Waals surface area contributed by atoms with Gasteiger partial charge in [0, 0.05) is 40.7 Å². The first-order chi connectivity index (χ1) is 34.1. The zero-order valence-electron chi connectivity index (χ0n) is 40.9. The predicted molar refractivity (Wildman–Crippen MR) is 275 cm³/mol. The smallest absolute Gasteiger partial charge is 0.344 e. The number of aromatic hydroxyl groups is 1. The molecule has 0 radical (unpaired) electrons. The molecule has 0 saturated heterocycles. The normalized spacial score (nSPS) is 10.9. The third-order valence-electron chi connectivity index (χ3n) is 11.4. The average Bonchev–Trinajstić information content (AvgIpc) is 3.34. The molecule has 0 amide bonds. The number of rotatable bonds is 24. The van der Waals surface area contributed by atoms with Crippen LogP contribution in [0.2, 0.25) is 0 Å². The number of aliphatic hydroxyl groups excluding tert-OH is 2. The molecule has 3 N–H and O–H groups in total. The van der Waals surface area contributed by atoms with E-state index in [0.717, 1.165) is 78.0 Å². The van der Waals surface area contributed by atoms with Crippen molar-refractivity contribution in [3.8, 4) is 33.8 Å². The number of benzene rings is 4. The molecular formula is C58H64O13. The van der Waals surface area contributed by atoms with Crippen LogP contribution in [-0.4, -0.2) is 59.7 Å². The molecule has 374 valence electrons. The van der Waals surface area contributed by atoms with Crippen LogP contribution in [0.3, 0.4) is 0 Å². The van der Waals surface area contributed by atoms with E-state index in [0.29, 0.717) is 89.0 Å². The maximum Gasteiger partial charge on any atom is 0.344 e. The minimum atomic E-state index is -0.527. The van der Waals surface area contributed by atoms with Crippen molar-refractivity contribution in [1.29, 1.82) is 0 Å². The van der Waals surface area contributed by atoms with Gasteiger partial charge in [-0.2, -0.15) is 0 Å². The summed E-state index contributed by atoms with van der Waals surface area (Å²) in [7, 11) is 0. The SMILES string of the molecule is C=C(C)C(=O)OCCCCc1cc(CCCCOC(=O)C(=C)C)c2oc(=O)c(-c3ccc(OC(=O)C(=C)C)cc3)cc2c1.O=c1oc2c(CCCCO)cc(CCCCO)cc2cc1-c1ccc(O)cc1. The molecule has 0 fully saturated rings. The van der Waals surface area contributed by atoms with Gasteiger partial charge in [-0.15, -0.1) is 0 Å². The Balaban J connectivity index is 0.000000288. The molecule has 13 nitrogen and oxygen atoms in total. The first-order valence-electron chi connectivity index (χ1n) is 23.9. The highest BCUT2D eigenvalue weighted by Gasteiger charge is 2.16. The Bertz CT molecular complexity index is 2960. The number of hydrogen-bond donors (Lipinski definition) is 3. The fourth-order valence-electron chi connectivity index (χ4n) is 7.64. The number of unbranched alkanes of at least 4 members (excludes halogenated alkanes) is 4. The number of fused-ring (bicyclic) bond motifs is 2. The molecule has 0 unspecified atom stereocenters. The van der Waals surface area contributed by atoms with Gasteiger partial charge >= 0.3 is 29.2 Å². The van der Waals surface area contributed by atoms with E-state index >= 15 is 0 Å². The highest BCUT2D eigenvalue weighted by atomic mass is 16.5. The van der Waals surface area contributed by atoms with Gasteiger partial charge < -0.3 is 38.4 Å². The molecule has 0 aliphatic rings.